The van der Waals surface area contributed by atoms with Crippen molar-refractivity contribution in [2.45, 2.75) is 63.7 Å². The van der Waals surface area contributed by atoms with Gasteiger partial charge in [-0.25, -0.2) is 0 Å². The Balaban J connectivity index is 1.47. The number of hydrogen-bond acceptors (Lipinski definition) is 3. The number of amides is 1. The molecule has 2 saturated heterocycles. The molecule has 1 amide bonds. The number of piperidine rings is 1. The molecule has 4 nitrogen and oxygen atoms in total. The van der Waals surface area contributed by atoms with Crippen LogP contribution in [0.1, 0.15) is 44.6 Å². The van der Waals surface area contributed by atoms with Crippen LogP contribution in [0.3, 0.4) is 0 Å². The molecule has 0 saturated carbocycles. The monoisotopic (exact) mass is 327 g/mol. The molecule has 2 fully saturated rings. The Morgan fingerprint density at radius 1 is 1.21 bits per heavy atom. The molecule has 4 heteroatoms. The minimum Gasteiger partial charge on any atom is -0.372 e. The van der Waals surface area contributed by atoms with Crippen LogP contribution in [0, 0.1) is 5.92 Å². The predicted octanol–water partition coefficient (Wildman–Crippen LogP) is 2.77. The van der Waals surface area contributed by atoms with Gasteiger partial charge < -0.3 is 15.1 Å². The number of likely N-dealkylation sites (N-methyl/N-ethyl adjacent to an activating group) is 1. The molecule has 3 aliphatic heterocycles. The van der Waals surface area contributed by atoms with Crippen LogP contribution in [-0.4, -0.2) is 42.5 Å². The Bertz CT molecular complexity index is 605. The maximum absolute atomic E-state index is 13.1. The fraction of sp³-hybridized carbons (Fsp3) is 0.650. The Morgan fingerprint density at radius 2 is 1.92 bits per heavy atom. The molecule has 24 heavy (non-hydrogen) atoms. The number of carbonyl (C=O) groups is 1. The van der Waals surface area contributed by atoms with Crippen LogP contribution in [0.25, 0.3) is 0 Å². The molecular weight excluding hydrogens is 298 g/mol. The van der Waals surface area contributed by atoms with E-state index >= 15 is 0 Å². The second kappa shape index (κ2) is 6.40. The van der Waals surface area contributed by atoms with E-state index in [-0.39, 0.29) is 6.04 Å². The van der Waals surface area contributed by atoms with Gasteiger partial charge in [0.05, 0.1) is 0 Å². The largest absolute Gasteiger partial charge is 0.372 e. The van der Waals surface area contributed by atoms with Crippen molar-refractivity contribution >= 4 is 11.6 Å². The summed E-state index contributed by atoms with van der Waals surface area (Å²) < 4.78 is 0. The molecule has 0 aromatic heterocycles. The number of carbonyl (C=O) groups excluding carboxylic acids is 1. The minimum absolute atomic E-state index is 0.258. The van der Waals surface area contributed by atoms with E-state index in [1.165, 1.54) is 36.9 Å². The van der Waals surface area contributed by atoms with Crippen molar-refractivity contribution in [3.63, 3.8) is 0 Å². The second-order valence-corrected chi connectivity index (χ2v) is 8.06. The summed E-state index contributed by atoms with van der Waals surface area (Å²) in [6.07, 6.45) is 5.69. The fourth-order valence-electron chi connectivity index (χ4n) is 4.99. The minimum atomic E-state index is 0.258. The molecule has 2 bridgehead atoms. The quantitative estimate of drug-likeness (QED) is 0.907. The van der Waals surface area contributed by atoms with Crippen LogP contribution < -0.4 is 10.2 Å². The zero-order valence-corrected chi connectivity index (χ0v) is 14.9. The lowest BCUT2D eigenvalue weighted by Crippen LogP contribution is -2.44. The molecule has 3 aliphatic rings. The van der Waals surface area contributed by atoms with Gasteiger partial charge in [0.1, 0.15) is 0 Å². The smallest absolute Gasteiger partial charge is 0.223 e. The fourth-order valence-corrected chi connectivity index (χ4v) is 4.99. The molecule has 4 rings (SSSR count). The standard InChI is InChI=1S/C20H29N3O/c1-14-12-22(2)19-6-4-3-5-16(19)13-23(14)20(24)11-15-9-17-7-8-18(10-15)21-17/h3-6,14-15,17-18,21H,7-13H2,1-2H3. The van der Waals surface area contributed by atoms with Gasteiger partial charge in [-0.15, -0.1) is 0 Å². The molecule has 0 radical (unpaired) electrons. The first kappa shape index (κ1) is 15.9. The second-order valence-electron chi connectivity index (χ2n) is 8.06. The summed E-state index contributed by atoms with van der Waals surface area (Å²) in [7, 11) is 2.13. The summed E-state index contributed by atoms with van der Waals surface area (Å²) in [5, 5.41) is 3.68. The maximum atomic E-state index is 13.1. The molecule has 3 unspecified atom stereocenters. The lowest BCUT2D eigenvalue weighted by molar-refractivity contribution is -0.134. The number of rotatable bonds is 2. The average Bonchev–Trinajstić information content (AvgIpc) is 2.84. The van der Waals surface area contributed by atoms with Crippen molar-refractivity contribution < 1.29 is 4.79 Å². The van der Waals surface area contributed by atoms with Gasteiger partial charge in [-0.1, -0.05) is 18.2 Å². The molecule has 1 aromatic rings. The highest BCUT2D eigenvalue weighted by Gasteiger charge is 2.36. The number of benzene rings is 1. The first-order valence-electron chi connectivity index (χ1n) is 9.44. The van der Waals surface area contributed by atoms with E-state index in [4.69, 9.17) is 0 Å². The predicted molar refractivity (Wildman–Crippen MR) is 97.0 cm³/mol. The number of hydrogen-bond donors (Lipinski definition) is 1. The molecule has 1 aromatic carbocycles. The maximum Gasteiger partial charge on any atom is 0.223 e. The lowest BCUT2D eigenvalue weighted by Gasteiger charge is -2.33. The van der Waals surface area contributed by atoms with E-state index < -0.39 is 0 Å². The molecular formula is C20H29N3O. The summed E-state index contributed by atoms with van der Waals surface area (Å²) in [4.78, 5) is 17.5. The summed E-state index contributed by atoms with van der Waals surface area (Å²) in [6, 6.07) is 10.1. The van der Waals surface area contributed by atoms with Crippen LogP contribution in [0.15, 0.2) is 24.3 Å². The van der Waals surface area contributed by atoms with Gasteiger partial charge in [0.2, 0.25) is 5.91 Å². The molecule has 3 atom stereocenters. The third kappa shape index (κ3) is 3.04. The Labute approximate surface area is 145 Å². The number of anilines is 1. The molecule has 0 spiro atoms. The Morgan fingerprint density at radius 3 is 2.67 bits per heavy atom. The van der Waals surface area contributed by atoms with Crippen molar-refractivity contribution in [3.05, 3.63) is 29.8 Å². The first-order chi connectivity index (χ1) is 11.6. The zero-order valence-electron chi connectivity index (χ0n) is 14.9. The lowest BCUT2D eigenvalue weighted by atomic mass is 9.89. The SMILES string of the molecule is CC1CN(C)c2ccccc2CN1C(=O)CC1CC2CCC(C1)N2. The van der Waals surface area contributed by atoms with Gasteiger partial charge in [-0.2, -0.15) is 0 Å². The van der Waals surface area contributed by atoms with Crippen molar-refractivity contribution in [3.8, 4) is 0 Å². The van der Waals surface area contributed by atoms with E-state index in [0.29, 0.717) is 23.9 Å². The number of nitrogens with zero attached hydrogens (tertiary/aromatic N) is 2. The molecule has 1 N–H and O–H groups in total. The average molecular weight is 327 g/mol. The van der Waals surface area contributed by atoms with Crippen molar-refractivity contribution in [1.29, 1.82) is 0 Å². The van der Waals surface area contributed by atoms with E-state index in [0.717, 1.165) is 19.5 Å². The number of para-hydroxylation sites is 1. The summed E-state index contributed by atoms with van der Waals surface area (Å²) in [5.41, 5.74) is 2.53. The van der Waals surface area contributed by atoms with Crippen molar-refractivity contribution in [2.75, 3.05) is 18.5 Å². The topological polar surface area (TPSA) is 35.6 Å². The van der Waals surface area contributed by atoms with E-state index in [9.17, 15) is 4.79 Å². The van der Waals surface area contributed by atoms with Crippen LogP contribution in [-0.2, 0) is 11.3 Å². The van der Waals surface area contributed by atoms with Crippen molar-refractivity contribution in [1.82, 2.24) is 10.2 Å². The highest BCUT2D eigenvalue weighted by atomic mass is 16.2. The summed E-state index contributed by atoms with van der Waals surface area (Å²) in [5.74, 6) is 0.915. The van der Waals surface area contributed by atoms with Crippen LogP contribution in [0.4, 0.5) is 5.69 Å². The highest BCUT2D eigenvalue weighted by molar-refractivity contribution is 5.77. The van der Waals surface area contributed by atoms with E-state index in [1.54, 1.807) is 0 Å². The molecule has 3 heterocycles. The van der Waals surface area contributed by atoms with Crippen LogP contribution in [0.5, 0.6) is 0 Å². The van der Waals surface area contributed by atoms with Gasteiger partial charge >= 0.3 is 0 Å². The molecule has 0 aliphatic carbocycles. The third-order valence-corrected chi connectivity index (χ3v) is 6.17. The van der Waals surface area contributed by atoms with Gasteiger partial charge in [-0.3, -0.25) is 4.79 Å². The van der Waals surface area contributed by atoms with Crippen molar-refractivity contribution in [2.24, 2.45) is 5.92 Å². The van der Waals surface area contributed by atoms with Crippen LogP contribution >= 0.6 is 0 Å². The van der Waals surface area contributed by atoms with E-state index in [2.05, 4.69) is 53.4 Å². The Hall–Kier alpha value is -1.55. The first-order valence-corrected chi connectivity index (χ1v) is 9.44. The van der Waals surface area contributed by atoms with Crippen LogP contribution in [0.2, 0.25) is 0 Å². The number of nitrogens with one attached hydrogen (secondary N) is 1. The van der Waals surface area contributed by atoms with Gasteiger partial charge in [0, 0.05) is 50.4 Å². The summed E-state index contributed by atoms with van der Waals surface area (Å²) in [6.45, 7) is 3.84. The number of fused-ring (bicyclic) bond motifs is 3. The van der Waals surface area contributed by atoms with E-state index in [1.807, 2.05) is 0 Å². The normalized spacial score (nSPS) is 32.4. The Kier molecular flexibility index (Phi) is 4.25. The molecule has 130 valence electrons. The summed E-state index contributed by atoms with van der Waals surface area (Å²) >= 11 is 0. The van der Waals surface area contributed by atoms with Gasteiger partial charge in [0.25, 0.3) is 0 Å². The highest BCUT2D eigenvalue weighted by Crippen LogP contribution is 2.34. The third-order valence-electron chi connectivity index (χ3n) is 6.17. The van der Waals surface area contributed by atoms with Gasteiger partial charge in [-0.05, 0) is 50.2 Å². The van der Waals surface area contributed by atoms with Gasteiger partial charge in [0.15, 0.2) is 0 Å². The zero-order chi connectivity index (χ0) is 16.7.